The number of furan rings is 1. The summed E-state index contributed by atoms with van der Waals surface area (Å²) in [5.74, 6) is 0.671. The Bertz CT molecular complexity index is 3140. The van der Waals surface area contributed by atoms with Gasteiger partial charge in [0.05, 0.1) is 16.8 Å². The van der Waals surface area contributed by atoms with Gasteiger partial charge in [-0.3, -0.25) is 0 Å². The highest BCUT2D eigenvalue weighted by atomic mass is 16.3. The Morgan fingerprint density at radius 2 is 0.857 bits per heavy atom. The normalized spacial score (nSPS) is 13.1. The third-order valence-corrected chi connectivity index (χ3v) is 11.9. The average molecular weight is 713 g/mol. The van der Waals surface area contributed by atoms with Crippen molar-refractivity contribution in [2.75, 3.05) is 0 Å². The molecule has 2 aliphatic rings. The Labute approximate surface area is 324 Å². The second kappa shape index (κ2) is 11.8. The molecule has 12 rings (SSSR count). The van der Waals surface area contributed by atoms with Crippen LogP contribution in [0.1, 0.15) is 22.3 Å². The molecular weight excluding hydrogens is 681 g/mol. The molecule has 2 aromatic heterocycles. The third-order valence-electron chi connectivity index (χ3n) is 11.9. The smallest absolute Gasteiger partial charge is 0.160 e. The fourth-order valence-electron chi connectivity index (χ4n) is 9.61. The zero-order valence-corrected chi connectivity index (χ0v) is 30.3. The lowest BCUT2D eigenvalue weighted by atomic mass is 9.66. The van der Waals surface area contributed by atoms with Crippen molar-refractivity contribution in [3.05, 3.63) is 216 Å². The Kier molecular flexibility index (Phi) is 6.55. The van der Waals surface area contributed by atoms with Gasteiger partial charge in [0.1, 0.15) is 11.2 Å². The molecule has 2 aliphatic carbocycles. The van der Waals surface area contributed by atoms with Crippen LogP contribution in [0.15, 0.2) is 199 Å². The van der Waals surface area contributed by atoms with Crippen molar-refractivity contribution in [2.45, 2.75) is 5.41 Å². The lowest BCUT2D eigenvalue weighted by molar-refractivity contribution is 0.670. The van der Waals surface area contributed by atoms with E-state index in [0.29, 0.717) is 5.82 Å². The molecule has 3 nitrogen and oxygen atoms in total. The van der Waals surface area contributed by atoms with E-state index in [1.807, 2.05) is 18.2 Å². The summed E-state index contributed by atoms with van der Waals surface area (Å²) in [4.78, 5) is 10.6. The molecule has 260 valence electrons. The number of hydrogen-bond donors (Lipinski definition) is 0. The second-order valence-corrected chi connectivity index (χ2v) is 14.8. The predicted octanol–water partition coefficient (Wildman–Crippen LogP) is 13.4. The summed E-state index contributed by atoms with van der Waals surface area (Å²) in [6, 6.07) is 69.7. The monoisotopic (exact) mass is 712 g/mol. The molecule has 0 unspecified atom stereocenters. The number of hydrogen-bond acceptors (Lipinski definition) is 3. The minimum atomic E-state index is -0.536. The van der Waals surface area contributed by atoms with E-state index in [-0.39, 0.29) is 0 Å². The van der Waals surface area contributed by atoms with E-state index >= 15 is 0 Å². The molecule has 0 atom stereocenters. The van der Waals surface area contributed by atoms with Gasteiger partial charge in [-0.05, 0) is 79.9 Å². The Hall–Kier alpha value is -7.36. The Morgan fingerprint density at radius 1 is 0.339 bits per heavy atom. The van der Waals surface area contributed by atoms with Crippen LogP contribution in [0.5, 0.6) is 0 Å². The zero-order chi connectivity index (χ0) is 36.8. The first-order valence-electron chi connectivity index (χ1n) is 19.2. The van der Waals surface area contributed by atoms with Gasteiger partial charge in [0.25, 0.3) is 0 Å². The largest absolute Gasteiger partial charge is 0.455 e. The molecule has 0 N–H and O–H groups in total. The molecule has 0 aliphatic heterocycles. The SMILES string of the molecule is c1ccc(-c2cc(-c3cccc4c3oc3ccccc34)nc(-c3ccc4c(c3)-c3ccccc3C43c4ccccc4-c4ccccc4-c4ccccc43)n2)cc1. The van der Waals surface area contributed by atoms with E-state index in [4.69, 9.17) is 14.4 Å². The molecule has 8 aromatic carbocycles. The summed E-state index contributed by atoms with van der Waals surface area (Å²) in [6.07, 6.45) is 0. The van der Waals surface area contributed by atoms with Gasteiger partial charge in [-0.1, -0.05) is 170 Å². The summed E-state index contributed by atoms with van der Waals surface area (Å²) in [5, 5.41) is 2.17. The van der Waals surface area contributed by atoms with Gasteiger partial charge in [-0.25, -0.2) is 9.97 Å². The highest BCUT2D eigenvalue weighted by Crippen LogP contribution is 2.61. The average Bonchev–Trinajstić information content (AvgIpc) is 3.77. The maximum absolute atomic E-state index is 6.52. The minimum Gasteiger partial charge on any atom is -0.455 e. The first kappa shape index (κ1) is 31.0. The van der Waals surface area contributed by atoms with Crippen molar-refractivity contribution in [3.63, 3.8) is 0 Å². The summed E-state index contributed by atoms with van der Waals surface area (Å²) in [5.41, 5.74) is 18.4. The van der Waals surface area contributed by atoms with Crippen LogP contribution in [0.25, 0.3) is 89.2 Å². The third kappa shape index (κ3) is 4.28. The van der Waals surface area contributed by atoms with Gasteiger partial charge in [-0.15, -0.1) is 0 Å². The first-order valence-corrected chi connectivity index (χ1v) is 19.2. The van der Waals surface area contributed by atoms with Crippen molar-refractivity contribution in [1.82, 2.24) is 9.97 Å². The Morgan fingerprint density at radius 3 is 1.55 bits per heavy atom. The molecule has 3 heteroatoms. The molecule has 10 aromatic rings. The van der Waals surface area contributed by atoms with E-state index in [0.717, 1.165) is 50.0 Å². The standard InChI is InChI=1S/C53H32N2O/c1-2-15-33(16-3-1)48-32-49(42-24-14-23-41-40-22-9-13-28-50(40)56-51(41)42)55-52(54-48)34-29-30-47-43(31-34)39-21-8-12-27-46(39)53(47)44-25-10-6-19-37(44)35-17-4-5-18-36(35)38-20-7-11-26-45(38)53/h1-32H. The molecular formula is C53H32N2O. The summed E-state index contributed by atoms with van der Waals surface area (Å²) in [7, 11) is 0. The van der Waals surface area contributed by atoms with E-state index in [2.05, 4.69) is 176 Å². The topological polar surface area (TPSA) is 38.9 Å². The molecule has 1 spiro atoms. The molecule has 0 bridgehead atoms. The number of fused-ring (bicyclic) bond motifs is 15. The minimum absolute atomic E-state index is 0.536. The van der Waals surface area contributed by atoms with Crippen LogP contribution in [0.3, 0.4) is 0 Å². The second-order valence-electron chi connectivity index (χ2n) is 14.8. The quantitative estimate of drug-likeness (QED) is 0.183. The number of benzene rings is 8. The van der Waals surface area contributed by atoms with Gasteiger partial charge >= 0.3 is 0 Å². The number of para-hydroxylation sites is 2. The van der Waals surface area contributed by atoms with Crippen molar-refractivity contribution in [1.29, 1.82) is 0 Å². The van der Waals surface area contributed by atoms with Crippen LogP contribution >= 0.6 is 0 Å². The lowest BCUT2D eigenvalue weighted by Crippen LogP contribution is -2.29. The Balaban J connectivity index is 1.12. The van der Waals surface area contributed by atoms with Crippen molar-refractivity contribution in [3.8, 4) is 67.3 Å². The van der Waals surface area contributed by atoms with E-state index < -0.39 is 5.41 Å². The van der Waals surface area contributed by atoms with Gasteiger partial charge in [0, 0.05) is 27.5 Å². The van der Waals surface area contributed by atoms with Gasteiger partial charge in [0.2, 0.25) is 0 Å². The fourth-order valence-corrected chi connectivity index (χ4v) is 9.61. The maximum Gasteiger partial charge on any atom is 0.160 e. The molecule has 2 heterocycles. The van der Waals surface area contributed by atoms with Crippen LogP contribution < -0.4 is 0 Å². The van der Waals surface area contributed by atoms with Crippen LogP contribution in [-0.2, 0) is 5.41 Å². The number of rotatable bonds is 3. The van der Waals surface area contributed by atoms with Gasteiger partial charge in [0.15, 0.2) is 5.82 Å². The van der Waals surface area contributed by atoms with Crippen LogP contribution in [0, 0.1) is 0 Å². The molecule has 0 saturated carbocycles. The number of nitrogens with zero attached hydrogens (tertiary/aromatic N) is 2. The van der Waals surface area contributed by atoms with Crippen molar-refractivity contribution < 1.29 is 4.42 Å². The van der Waals surface area contributed by atoms with Crippen molar-refractivity contribution in [2.24, 2.45) is 0 Å². The van der Waals surface area contributed by atoms with E-state index in [1.54, 1.807) is 0 Å². The highest BCUT2D eigenvalue weighted by Gasteiger charge is 2.49. The molecule has 0 amide bonds. The summed E-state index contributed by atoms with van der Waals surface area (Å²) in [6.45, 7) is 0. The lowest BCUT2D eigenvalue weighted by Gasteiger charge is -2.35. The fraction of sp³-hybridized carbons (Fsp3) is 0.0189. The summed E-state index contributed by atoms with van der Waals surface area (Å²) >= 11 is 0. The van der Waals surface area contributed by atoms with Gasteiger partial charge in [-0.2, -0.15) is 0 Å². The number of aromatic nitrogens is 2. The maximum atomic E-state index is 6.52. The molecule has 56 heavy (non-hydrogen) atoms. The predicted molar refractivity (Wildman–Crippen MR) is 227 cm³/mol. The van der Waals surface area contributed by atoms with E-state index in [1.165, 1.54) is 55.6 Å². The zero-order valence-electron chi connectivity index (χ0n) is 30.3. The molecule has 0 radical (unpaired) electrons. The highest BCUT2D eigenvalue weighted by molar-refractivity contribution is 6.09. The molecule has 0 fully saturated rings. The molecule has 0 saturated heterocycles. The summed E-state index contributed by atoms with van der Waals surface area (Å²) < 4.78 is 6.52. The van der Waals surface area contributed by atoms with E-state index in [9.17, 15) is 0 Å². The van der Waals surface area contributed by atoms with Crippen LogP contribution in [-0.4, -0.2) is 9.97 Å². The van der Waals surface area contributed by atoms with Crippen LogP contribution in [0.4, 0.5) is 0 Å². The van der Waals surface area contributed by atoms with Crippen LogP contribution in [0.2, 0.25) is 0 Å². The first-order chi connectivity index (χ1) is 27.8. The van der Waals surface area contributed by atoms with Gasteiger partial charge < -0.3 is 4.42 Å². The van der Waals surface area contributed by atoms with Crippen molar-refractivity contribution >= 4 is 21.9 Å².